The Kier molecular flexibility index (Phi) is 1.50. The Hall–Kier alpha value is -1.30. The Morgan fingerprint density at radius 2 is 2.67 bits per heavy atom. The van der Waals surface area contributed by atoms with E-state index in [0.29, 0.717) is 6.42 Å². The van der Waals surface area contributed by atoms with E-state index in [1.807, 2.05) is 13.0 Å². The molecule has 0 fully saturated rings. The van der Waals surface area contributed by atoms with Crippen LogP contribution < -0.4 is 0 Å². The van der Waals surface area contributed by atoms with Crippen LogP contribution in [0.5, 0.6) is 0 Å². The van der Waals surface area contributed by atoms with Crippen LogP contribution in [0.3, 0.4) is 0 Å². The van der Waals surface area contributed by atoms with Crippen molar-refractivity contribution in [1.82, 2.24) is 9.97 Å². The molecule has 0 spiro atoms. The van der Waals surface area contributed by atoms with Gasteiger partial charge >= 0.3 is 0 Å². The summed E-state index contributed by atoms with van der Waals surface area (Å²) in [6.45, 7) is 1.86. The van der Waals surface area contributed by atoms with Crippen LogP contribution in [0.15, 0.2) is 6.20 Å². The number of aromatic amines is 1. The number of rotatable bonds is 1. The minimum absolute atomic E-state index is 0.418. The lowest BCUT2D eigenvalue weighted by Gasteiger charge is -1.80. The first-order chi connectivity index (χ1) is 4.33. The number of hydrogen-bond acceptors (Lipinski definition) is 2. The predicted octanol–water partition coefficient (Wildman–Crippen LogP) is 0.784. The maximum Gasteiger partial charge on any atom is 0.103 e. The molecule has 1 rings (SSSR count). The first-order valence-corrected chi connectivity index (χ1v) is 2.70. The smallest absolute Gasteiger partial charge is 0.103 e. The van der Waals surface area contributed by atoms with E-state index in [2.05, 4.69) is 9.97 Å². The standard InChI is InChI=1S/C6H7N3/c1-5-8-4-6(9-5)2-3-7/h4H,2H2,1H3,(H,8,9). The van der Waals surface area contributed by atoms with E-state index in [-0.39, 0.29) is 0 Å². The molecule has 0 saturated heterocycles. The van der Waals surface area contributed by atoms with E-state index < -0.39 is 0 Å². The van der Waals surface area contributed by atoms with Gasteiger partial charge in [0.25, 0.3) is 0 Å². The summed E-state index contributed by atoms with van der Waals surface area (Å²) in [5.41, 5.74) is 0.884. The fourth-order valence-electron chi connectivity index (χ4n) is 0.647. The maximum absolute atomic E-state index is 8.23. The van der Waals surface area contributed by atoms with E-state index in [9.17, 15) is 0 Å². The molecule has 46 valence electrons. The first kappa shape index (κ1) is 5.83. The van der Waals surface area contributed by atoms with Gasteiger partial charge in [0.05, 0.1) is 12.5 Å². The summed E-state index contributed by atoms with van der Waals surface area (Å²) in [4.78, 5) is 6.87. The molecule has 0 aliphatic rings. The molecule has 0 saturated carbocycles. The highest BCUT2D eigenvalue weighted by Gasteiger charge is 1.92. The van der Waals surface area contributed by atoms with Crippen LogP contribution in [0.25, 0.3) is 0 Å². The van der Waals surface area contributed by atoms with E-state index >= 15 is 0 Å². The maximum atomic E-state index is 8.23. The number of nitrogens with one attached hydrogen (secondary N) is 1. The Balaban J connectivity index is 2.76. The van der Waals surface area contributed by atoms with Gasteiger partial charge in [0.1, 0.15) is 5.82 Å². The van der Waals surface area contributed by atoms with Gasteiger partial charge in [0.2, 0.25) is 0 Å². The van der Waals surface area contributed by atoms with Crippen molar-refractivity contribution in [2.24, 2.45) is 0 Å². The molecule has 0 amide bonds. The van der Waals surface area contributed by atoms with Gasteiger partial charge in [-0.1, -0.05) is 0 Å². The zero-order valence-corrected chi connectivity index (χ0v) is 5.18. The van der Waals surface area contributed by atoms with Crippen molar-refractivity contribution in [3.05, 3.63) is 17.7 Å². The zero-order chi connectivity index (χ0) is 6.69. The Morgan fingerprint density at radius 3 is 3.11 bits per heavy atom. The van der Waals surface area contributed by atoms with Crippen LogP contribution in [0.2, 0.25) is 0 Å². The summed E-state index contributed by atoms with van der Waals surface area (Å²) in [7, 11) is 0. The van der Waals surface area contributed by atoms with E-state index in [1.165, 1.54) is 0 Å². The lowest BCUT2D eigenvalue weighted by atomic mass is 10.4. The van der Waals surface area contributed by atoms with Gasteiger partial charge in [-0.2, -0.15) is 5.26 Å². The van der Waals surface area contributed by atoms with Gasteiger partial charge in [0.15, 0.2) is 0 Å². The summed E-state index contributed by atoms with van der Waals surface area (Å²) in [6.07, 6.45) is 2.10. The normalized spacial score (nSPS) is 8.89. The molecular weight excluding hydrogens is 114 g/mol. The number of aromatic nitrogens is 2. The number of nitrogens with zero attached hydrogens (tertiary/aromatic N) is 2. The second kappa shape index (κ2) is 2.31. The van der Waals surface area contributed by atoms with Crippen molar-refractivity contribution >= 4 is 0 Å². The van der Waals surface area contributed by atoms with Gasteiger partial charge < -0.3 is 4.98 Å². The zero-order valence-electron chi connectivity index (χ0n) is 5.18. The third kappa shape index (κ3) is 1.29. The molecule has 0 radical (unpaired) electrons. The molecule has 3 nitrogen and oxygen atoms in total. The van der Waals surface area contributed by atoms with Gasteiger partial charge in [0, 0.05) is 11.9 Å². The minimum Gasteiger partial charge on any atom is -0.345 e. The topological polar surface area (TPSA) is 52.5 Å². The molecule has 0 aliphatic carbocycles. The lowest BCUT2D eigenvalue weighted by molar-refractivity contribution is 1.10. The molecule has 0 aliphatic heterocycles. The van der Waals surface area contributed by atoms with Crippen molar-refractivity contribution in [1.29, 1.82) is 5.26 Å². The van der Waals surface area contributed by atoms with Crippen molar-refractivity contribution in [3.63, 3.8) is 0 Å². The third-order valence-corrected chi connectivity index (χ3v) is 1.03. The van der Waals surface area contributed by atoms with E-state index in [0.717, 1.165) is 11.5 Å². The van der Waals surface area contributed by atoms with Crippen LogP contribution in [-0.2, 0) is 6.42 Å². The number of hydrogen-bond donors (Lipinski definition) is 1. The summed E-state index contributed by atoms with van der Waals surface area (Å²) < 4.78 is 0. The SMILES string of the molecule is Cc1ncc(CC#N)[nH]1. The second-order valence-corrected chi connectivity index (χ2v) is 1.83. The van der Waals surface area contributed by atoms with Crippen molar-refractivity contribution in [2.75, 3.05) is 0 Å². The number of H-pyrrole nitrogens is 1. The highest BCUT2D eigenvalue weighted by atomic mass is 14.9. The van der Waals surface area contributed by atoms with E-state index in [4.69, 9.17) is 5.26 Å². The summed E-state index contributed by atoms with van der Waals surface area (Å²) in [6, 6.07) is 2.03. The van der Waals surface area contributed by atoms with Crippen LogP contribution in [0, 0.1) is 18.3 Å². The summed E-state index contributed by atoms with van der Waals surface area (Å²) in [5, 5.41) is 8.23. The number of nitriles is 1. The molecular formula is C6H7N3. The summed E-state index contributed by atoms with van der Waals surface area (Å²) >= 11 is 0. The minimum atomic E-state index is 0.418. The largest absolute Gasteiger partial charge is 0.345 e. The fraction of sp³-hybridized carbons (Fsp3) is 0.333. The molecule has 9 heavy (non-hydrogen) atoms. The van der Waals surface area contributed by atoms with Gasteiger partial charge in [-0.3, -0.25) is 0 Å². The van der Waals surface area contributed by atoms with Crippen molar-refractivity contribution in [2.45, 2.75) is 13.3 Å². The van der Waals surface area contributed by atoms with Crippen LogP contribution >= 0.6 is 0 Å². The molecule has 3 heteroatoms. The van der Waals surface area contributed by atoms with Gasteiger partial charge in [-0.25, -0.2) is 4.98 Å². The highest BCUT2D eigenvalue weighted by molar-refractivity contribution is 5.04. The molecule has 1 aromatic rings. The molecule has 0 bridgehead atoms. The highest BCUT2D eigenvalue weighted by Crippen LogP contribution is 1.94. The van der Waals surface area contributed by atoms with Crippen LogP contribution in [0.1, 0.15) is 11.5 Å². The molecule has 0 atom stereocenters. The predicted molar refractivity (Wildman–Crippen MR) is 32.6 cm³/mol. The van der Waals surface area contributed by atoms with Crippen molar-refractivity contribution in [3.8, 4) is 6.07 Å². The Labute approximate surface area is 53.3 Å². The molecule has 1 N–H and O–H groups in total. The quantitative estimate of drug-likeness (QED) is 0.597. The van der Waals surface area contributed by atoms with Gasteiger partial charge in [-0.05, 0) is 6.92 Å². The van der Waals surface area contributed by atoms with E-state index in [1.54, 1.807) is 6.20 Å². The Bertz CT molecular complexity index is 231. The van der Waals surface area contributed by atoms with Crippen molar-refractivity contribution < 1.29 is 0 Å². The third-order valence-electron chi connectivity index (χ3n) is 1.03. The second-order valence-electron chi connectivity index (χ2n) is 1.83. The van der Waals surface area contributed by atoms with Crippen LogP contribution in [0.4, 0.5) is 0 Å². The Morgan fingerprint density at radius 1 is 1.89 bits per heavy atom. The average Bonchev–Trinajstić information content (AvgIpc) is 2.17. The summed E-state index contributed by atoms with van der Waals surface area (Å²) in [5.74, 6) is 0.861. The van der Waals surface area contributed by atoms with Crippen LogP contribution in [-0.4, -0.2) is 9.97 Å². The number of aryl methyl sites for hydroxylation is 1. The number of imidazole rings is 1. The van der Waals surface area contributed by atoms with Gasteiger partial charge in [-0.15, -0.1) is 0 Å². The molecule has 0 aromatic carbocycles. The molecule has 1 heterocycles. The fourth-order valence-corrected chi connectivity index (χ4v) is 0.647. The first-order valence-electron chi connectivity index (χ1n) is 2.70. The average molecular weight is 121 g/mol. The molecule has 1 aromatic heterocycles. The molecule has 0 unspecified atom stereocenters. The monoisotopic (exact) mass is 121 g/mol. The lowest BCUT2D eigenvalue weighted by Crippen LogP contribution is -1.79.